The van der Waals surface area contributed by atoms with Crippen molar-refractivity contribution in [2.45, 2.75) is 26.3 Å². The lowest BCUT2D eigenvalue weighted by atomic mass is 10.1. The quantitative estimate of drug-likeness (QED) is 0.856. The molecule has 1 N–H and O–H groups in total. The lowest BCUT2D eigenvalue weighted by molar-refractivity contribution is 0.402. The zero-order valence-corrected chi connectivity index (χ0v) is 12.4. The first-order valence-corrected chi connectivity index (χ1v) is 7.02. The number of para-hydroxylation sites is 1. The number of nitrogens with zero attached hydrogens (tertiary/aromatic N) is 1. The maximum atomic E-state index is 3.65. The molecule has 0 aliphatic carbocycles. The molecule has 1 fully saturated rings. The van der Waals surface area contributed by atoms with Crippen molar-refractivity contribution in [3.05, 3.63) is 28.7 Å². The van der Waals surface area contributed by atoms with Gasteiger partial charge in [-0.3, -0.25) is 0 Å². The molecule has 0 saturated carbocycles. The molecule has 3 heteroatoms. The summed E-state index contributed by atoms with van der Waals surface area (Å²) in [5.41, 5.74) is 1.47. The summed E-state index contributed by atoms with van der Waals surface area (Å²) in [6.07, 6.45) is 0. The Morgan fingerprint density at radius 3 is 2.76 bits per heavy atom. The molecule has 17 heavy (non-hydrogen) atoms. The molecule has 0 radical (unpaired) electrons. The standard InChI is InChI=1S/C14H21BrN2/c1-11-8-16-14(2,3)10-17(9-11)13-7-5-4-6-12(13)15/h4-7,11,16H,8-10H2,1-3H3. The molecule has 0 amide bonds. The van der Waals surface area contributed by atoms with Crippen LogP contribution in [0.25, 0.3) is 0 Å². The molecule has 1 aliphatic heterocycles. The van der Waals surface area contributed by atoms with E-state index in [1.165, 1.54) is 10.2 Å². The van der Waals surface area contributed by atoms with Crippen LogP contribution in [0.15, 0.2) is 28.7 Å². The van der Waals surface area contributed by atoms with Gasteiger partial charge in [-0.25, -0.2) is 0 Å². The Morgan fingerprint density at radius 2 is 2.06 bits per heavy atom. The first kappa shape index (κ1) is 12.9. The van der Waals surface area contributed by atoms with Crippen LogP contribution in [0.3, 0.4) is 0 Å². The van der Waals surface area contributed by atoms with E-state index in [1.807, 2.05) is 0 Å². The number of anilines is 1. The number of hydrogen-bond donors (Lipinski definition) is 1. The third-order valence-electron chi connectivity index (χ3n) is 3.24. The highest BCUT2D eigenvalue weighted by Gasteiger charge is 2.27. The topological polar surface area (TPSA) is 15.3 Å². The fraction of sp³-hybridized carbons (Fsp3) is 0.571. The Hall–Kier alpha value is -0.540. The van der Waals surface area contributed by atoms with Crippen LogP contribution in [0.4, 0.5) is 5.69 Å². The maximum Gasteiger partial charge on any atom is 0.0511 e. The van der Waals surface area contributed by atoms with Gasteiger partial charge >= 0.3 is 0 Å². The lowest BCUT2D eigenvalue weighted by Gasteiger charge is -2.32. The molecule has 1 heterocycles. The highest BCUT2D eigenvalue weighted by atomic mass is 79.9. The van der Waals surface area contributed by atoms with Gasteiger partial charge in [-0.2, -0.15) is 0 Å². The molecule has 94 valence electrons. The normalized spacial score (nSPS) is 24.5. The van der Waals surface area contributed by atoms with E-state index in [0.717, 1.165) is 19.6 Å². The highest BCUT2D eigenvalue weighted by Crippen LogP contribution is 2.28. The second-order valence-corrected chi connectivity index (χ2v) is 6.56. The average Bonchev–Trinajstić information content (AvgIpc) is 2.38. The van der Waals surface area contributed by atoms with Gasteiger partial charge in [0.1, 0.15) is 0 Å². The first-order valence-electron chi connectivity index (χ1n) is 6.22. The Morgan fingerprint density at radius 1 is 1.35 bits per heavy atom. The SMILES string of the molecule is CC1CNC(C)(C)CN(c2ccccc2Br)C1. The minimum Gasteiger partial charge on any atom is -0.368 e. The predicted octanol–water partition coefficient (Wildman–Crippen LogP) is 3.27. The van der Waals surface area contributed by atoms with E-state index in [9.17, 15) is 0 Å². The van der Waals surface area contributed by atoms with Crippen molar-refractivity contribution in [3.63, 3.8) is 0 Å². The van der Waals surface area contributed by atoms with Crippen molar-refractivity contribution in [2.75, 3.05) is 24.5 Å². The third-order valence-corrected chi connectivity index (χ3v) is 3.91. The van der Waals surface area contributed by atoms with Crippen LogP contribution >= 0.6 is 15.9 Å². The van der Waals surface area contributed by atoms with Gasteiger partial charge in [0.15, 0.2) is 0 Å². The molecule has 0 bridgehead atoms. The third kappa shape index (κ3) is 3.23. The summed E-state index contributed by atoms with van der Waals surface area (Å²) >= 11 is 3.65. The van der Waals surface area contributed by atoms with Gasteiger partial charge < -0.3 is 10.2 Å². The summed E-state index contributed by atoms with van der Waals surface area (Å²) in [6.45, 7) is 10.1. The van der Waals surface area contributed by atoms with E-state index in [2.05, 4.69) is 71.2 Å². The zero-order valence-electron chi connectivity index (χ0n) is 10.8. The van der Waals surface area contributed by atoms with Gasteiger partial charge in [0, 0.05) is 23.1 Å². The summed E-state index contributed by atoms with van der Waals surface area (Å²) in [4.78, 5) is 2.48. The average molecular weight is 297 g/mol. The van der Waals surface area contributed by atoms with Gasteiger partial charge in [0.2, 0.25) is 0 Å². The minimum atomic E-state index is 0.167. The second kappa shape index (κ2) is 4.99. The molecule has 1 atom stereocenters. The molecule has 1 aromatic carbocycles. The summed E-state index contributed by atoms with van der Waals surface area (Å²) in [7, 11) is 0. The molecule has 2 nitrogen and oxygen atoms in total. The van der Waals surface area contributed by atoms with Crippen LogP contribution in [0.5, 0.6) is 0 Å². The van der Waals surface area contributed by atoms with Gasteiger partial charge in [-0.15, -0.1) is 0 Å². The number of rotatable bonds is 1. The Kier molecular flexibility index (Phi) is 3.79. The molecule has 1 aromatic rings. The van der Waals surface area contributed by atoms with E-state index < -0.39 is 0 Å². The largest absolute Gasteiger partial charge is 0.368 e. The Labute approximate surface area is 113 Å². The summed E-state index contributed by atoms with van der Waals surface area (Å²) in [6, 6.07) is 8.48. The fourth-order valence-corrected chi connectivity index (χ4v) is 2.92. The van der Waals surface area contributed by atoms with Crippen molar-refractivity contribution < 1.29 is 0 Å². The van der Waals surface area contributed by atoms with Crippen molar-refractivity contribution in [2.24, 2.45) is 5.92 Å². The monoisotopic (exact) mass is 296 g/mol. The number of benzene rings is 1. The molecule has 0 spiro atoms. The smallest absolute Gasteiger partial charge is 0.0511 e. The maximum absolute atomic E-state index is 3.65. The molecule has 2 rings (SSSR count). The molecule has 0 aromatic heterocycles. The van der Waals surface area contributed by atoms with Crippen LogP contribution < -0.4 is 10.2 Å². The molecule has 1 unspecified atom stereocenters. The van der Waals surface area contributed by atoms with E-state index in [1.54, 1.807) is 0 Å². The van der Waals surface area contributed by atoms with Crippen molar-refractivity contribution in [3.8, 4) is 0 Å². The van der Waals surface area contributed by atoms with Crippen LogP contribution in [0, 0.1) is 5.92 Å². The number of hydrogen-bond acceptors (Lipinski definition) is 2. The van der Waals surface area contributed by atoms with Gasteiger partial charge in [-0.1, -0.05) is 19.1 Å². The zero-order chi connectivity index (χ0) is 12.5. The predicted molar refractivity (Wildman–Crippen MR) is 77.6 cm³/mol. The molecular formula is C14H21BrN2. The van der Waals surface area contributed by atoms with Gasteiger partial charge in [0.25, 0.3) is 0 Å². The van der Waals surface area contributed by atoms with Crippen molar-refractivity contribution >= 4 is 21.6 Å². The van der Waals surface area contributed by atoms with E-state index >= 15 is 0 Å². The van der Waals surface area contributed by atoms with E-state index in [4.69, 9.17) is 0 Å². The van der Waals surface area contributed by atoms with Crippen LogP contribution in [-0.2, 0) is 0 Å². The van der Waals surface area contributed by atoms with Crippen molar-refractivity contribution in [1.82, 2.24) is 5.32 Å². The Bertz CT molecular complexity index is 390. The van der Waals surface area contributed by atoms with Crippen LogP contribution in [-0.4, -0.2) is 25.2 Å². The molecular weight excluding hydrogens is 276 g/mol. The summed E-state index contributed by atoms with van der Waals surface area (Å²) in [5.74, 6) is 0.670. The molecule has 1 saturated heterocycles. The number of nitrogens with one attached hydrogen (secondary N) is 1. The minimum absolute atomic E-state index is 0.167. The van der Waals surface area contributed by atoms with Crippen LogP contribution in [0.2, 0.25) is 0 Å². The summed E-state index contributed by atoms with van der Waals surface area (Å²) < 4.78 is 1.19. The van der Waals surface area contributed by atoms with Crippen LogP contribution in [0.1, 0.15) is 20.8 Å². The van der Waals surface area contributed by atoms with E-state index in [-0.39, 0.29) is 5.54 Å². The Balaban J connectivity index is 2.27. The lowest BCUT2D eigenvalue weighted by Crippen LogP contribution is -2.46. The van der Waals surface area contributed by atoms with E-state index in [0.29, 0.717) is 5.92 Å². The van der Waals surface area contributed by atoms with Gasteiger partial charge in [0.05, 0.1) is 5.69 Å². The second-order valence-electron chi connectivity index (χ2n) is 5.70. The molecule has 1 aliphatic rings. The highest BCUT2D eigenvalue weighted by molar-refractivity contribution is 9.10. The fourth-order valence-electron chi connectivity index (χ4n) is 2.38. The van der Waals surface area contributed by atoms with Gasteiger partial charge in [-0.05, 0) is 54.4 Å². The number of halogens is 1. The van der Waals surface area contributed by atoms with Crippen molar-refractivity contribution in [1.29, 1.82) is 0 Å². The summed E-state index contributed by atoms with van der Waals surface area (Å²) in [5, 5.41) is 3.63. The first-order chi connectivity index (χ1) is 7.98.